The van der Waals surface area contributed by atoms with Crippen molar-refractivity contribution in [1.82, 2.24) is 5.06 Å². The molecule has 0 aromatic heterocycles. The SMILES string of the molecule is CC[C@@H](CC(=O)N(O)C(C)c1ccccc1)c1ccc(C(=O)OC)cc1. The standard InChI is InChI=1S/C21H25NO4/c1-4-16(18-10-12-19(13-11-18)21(24)26-3)14-20(23)22(25)15(2)17-8-6-5-7-9-17/h5-13,15-16,25H,4,14H2,1-3H3/t15?,16-/m0/s1. The molecule has 0 fully saturated rings. The second-order valence-electron chi connectivity index (χ2n) is 6.25. The number of carbonyl (C=O) groups is 2. The Bertz CT molecular complexity index is 727. The van der Waals surface area contributed by atoms with E-state index in [-0.39, 0.29) is 24.2 Å². The summed E-state index contributed by atoms with van der Waals surface area (Å²) in [5.74, 6) is -0.754. The topological polar surface area (TPSA) is 66.8 Å². The molecule has 2 atom stereocenters. The fraction of sp³-hybridized carbons (Fsp3) is 0.333. The predicted molar refractivity (Wildman–Crippen MR) is 98.9 cm³/mol. The molecule has 0 saturated carbocycles. The Morgan fingerprint density at radius 1 is 1.04 bits per heavy atom. The van der Waals surface area contributed by atoms with Gasteiger partial charge in [-0.05, 0) is 42.5 Å². The fourth-order valence-corrected chi connectivity index (χ4v) is 2.90. The van der Waals surface area contributed by atoms with Crippen molar-refractivity contribution in [2.75, 3.05) is 7.11 Å². The van der Waals surface area contributed by atoms with Crippen molar-refractivity contribution in [3.8, 4) is 0 Å². The molecule has 1 amide bonds. The molecule has 26 heavy (non-hydrogen) atoms. The van der Waals surface area contributed by atoms with Crippen LogP contribution >= 0.6 is 0 Å². The van der Waals surface area contributed by atoms with Crippen molar-refractivity contribution < 1.29 is 19.5 Å². The first-order valence-electron chi connectivity index (χ1n) is 8.72. The van der Waals surface area contributed by atoms with Crippen molar-refractivity contribution >= 4 is 11.9 Å². The number of hydroxylamine groups is 2. The first-order chi connectivity index (χ1) is 12.5. The molecule has 1 unspecified atom stereocenters. The third kappa shape index (κ3) is 4.70. The van der Waals surface area contributed by atoms with Gasteiger partial charge in [-0.2, -0.15) is 0 Å². The van der Waals surface area contributed by atoms with Crippen molar-refractivity contribution in [3.05, 3.63) is 71.3 Å². The molecule has 0 spiro atoms. The van der Waals surface area contributed by atoms with Crippen molar-refractivity contribution in [2.24, 2.45) is 0 Å². The molecular formula is C21H25NO4. The number of nitrogens with zero attached hydrogens (tertiary/aromatic N) is 1. The van der Waals surface area contributed by atoms with Gasteiger partial charge in [0.1, 0.15) is 0 Å². The zero-order valence-corrected chi connectivity index (χ0v) is 15.4. The maximum absolute atomic E-state index is 12.5. The summed E-state index contributed by atoms with van der Waals surface area (Å²) in [7, 11) is 1.34. The fourth-order valence-electron chi connectivity index (χ4n) is 2.90. The molecule has 138 valence electrons. The van der Waals surface area contributed by atoms with Gasteiger partial charge in [0.2, 0.25) is 5.91 Å². The molecule has 0 aliphatic rings. The lowest BCUT2D eigenvalue weighted by Crippen LogP contribution is -2.31. The highest BCUT2D eigenvalue weighted by Crippen LogP contribution is 2.27. The summed E-state index contributed by atoms with van der Waals surface area (Å²) in [5, 5.41) is 11.1. The average molecular weight is 355 g/mol. The van der Waals surface area contributed by atoms with Crippen LogP contribution in [0.3, 0.4) is 0 Å². The first kappa shape index (κ1) is 19.7. The van der Waals surface area contributed by atoms with Crippen LogP contribution in [-0.2, 0) is 9.53 Å². The van der Waals surface area contributed by atoms with Gasteiger partial charge >= 0.3 is 5.97 Å². The van der Waals surface area contributed by atoms with E-state index in [9.17, 15) is 14.8 Å². The number of benzene rings is 2. The van der Waals surface area contributed by atoms with E-state index in [0.717, 1.165) is 22.6 Å². The van der Waals surface area contributed by atoms with Crippen LogP contribution in [0.2, 0.25) is 0 Å². The quantitative estimate of drug-likeness (QED) is 0.456. The Morgan fingerprint density at radius 3 is 2.19 bits per heavy atom. The zero-order chi connectivity index (χ0) is 19.1. The van der Waals surface area contributed by atoms with Crippen molar-refractivity contribution in [2.45, 2.75) is 38.6 Å². The second kappa shape index (κ2) is 9.15. The lowest BCUT2D eigenvalue weighted by atomic mass is 9.92. The highest BCUT2D eigenvalue weighted by molar-refractivity contribution is 5.89. The lowest BCUT2D eigenvalue weighted by molar-refractivity contribution is -0.175. The van der Waals surface area contributed by atoms with E-state index >= 15 is 0 Å². The number of hydrogen-bond donors (Lipinski definition) is 1. The molecule has 0 bridgehead atoms. The summed E-state index contributed by atoms with van der Waals surface area (Å²) in [6.07, 6.45) is 0.943. The number of rotatable bonds is 7. The van der Waals surface area contributed by atoms with E-state index in [0.29, 0.717) is 5.56 Å². The van der Waals surface area contributed by atoms with Gasteiger partial charge in [-0.25, -0.2) is 9.86 Å². The number of methoxy groups -OCH3 is 1. The highest BCUT2D eigenvalue weighted by atomic mass is 16.5. The second-order valence-corrected chi connectivity index (χ2v) is 6.25. The van der Waals surface area contributed by atoms with E-state index < -0.39 is 6.04 Å². The largest absolute Gasteiger partial charge is 0.465 e. The average Bonchev–Trinajstić information content (AvgIpc) is 2.70. The van der Waals surface area contributed by atoms with Gasteiger partial charge in [-0.1, -0.05) is 49.4 Å². The van der Waals surface area contributed by atoms with Crippen LogP contribution in [-0.4, -0.2) is 29.3 Å². The number of amides is 1. The van der Waals surface area contributed by atoms with E-state index in [1.807, 2.05) is 49.4 Å². The number of hydrogen-bond acceptors (Lipinski definition) is 4. The van der Waals surface area contributed by atoms with E-state index in [1.165, 1.54) is 7.11 Å². The Hall–Kier alpha value is -2.66. The minimum Gasteiger partial charge on any atom is -0.465 e. The summed E-state index contributed by atoms with van der Waals surface area (Å²) in [6.45, 7) is 3.79. The van der Waals surface area contributed by atoms with E-state index in [4.69, 9.17) is 4.74 Å². The van der Waals surface area contributed by atoms with Gasteiger partial charge < -0.3 is 4.74 Å². The van der Waals surface area contributed by atoms with Gasteiger partial charge in [0, 0.05) is 6.42 Å². The van der Waals surface area contributed by atoms with Crippen LogP contribution in [0.4, 0.5) is 0 Å². The maximum Gasteiger partial charge on any atom is 0.337 e. The normalized spacial score (nSPS) is 12.9. The van der Waals surface area contributed by atoms with Crippen molar-refractivity contribution in [3.63, 3.8) is 0 Å². The van der Waals surface area contributed by atoms with Gasteiger partial charge in [-0.3, -0.25) is 10.0 Å². The van der Waals surface area contributed by atoms with Gasteiger partial charge in [-0.15, -0.1) is 0 Å². The molecule has 5 heteroatoms. The predicted octanol–water partition coefficient (Wildman–Crippen LogP) is 4.34. The minimum absolute atomic E-state index is 0.0354. The molecule has 2 aromatic rings. The molecule has 0 aliphatic heterocycles. The van der Waals surface area contributed by atoms with Gasteiger partial charge in [0.25, 0.3) is 0 Å². The van der Waals surface area contributed by atoms with E-state index in [2.05, 4.69) is 0 Å². The highest BCUT2D eigenvalue weighted by Gasteiger charge is 2.23. The zero-order valence-electron chi connectivity index (χ0n) is 15.4. The lowest BCUT2D eigenvalue weighted by Gasteiger charge is -2.25. The van der Waals surface area contributed by atoms with Crippen molar-refractivity contribution in [1.29, 1.82) is 0 Å². The summed E-state index contributed by atoms with van der Waals surface area (Å²) in [6, 6.07) is 16.0. The molecule has 2 aromatic carbocycles. The Labute approximate surface area is 154 Å². The number of esters is 1. The molecule has 0 radical (unpaired) electrons. The Kier molecular flexibility index (Phi) is 6.92. The Balaban J connectivity index is 2.06. The molecule has 0 heterocycles. The van der Waals surface area contributed by atoms with Gasteiger partial charge in [0.15, 0.2) is 0 Å². The van der Waals surface area contributed by atoms with Crippen LogP contribution in [0.15, 0.2) is 54.6 Å². The minimum atomic E-state index is -0.414. The summed E-state index contributed by atoms with van der Waals surface area (Å²) in [5.41, 5.74) is 2.30. The van der Waals surface area contributed by atoms with Gasteiger partial charge in [0.05, 0.1) is 18.7 Å². The first-order valence-corrected chi connectivity index (χ1v) is 8.72. The van der Waals surface area contributed by atoms with E-state index in [1.54, 1.807) is 19.1 Å². The number of carbonyl (C=O) groups excluding carboxylic acids is 2. The summed E-state index contributed by atoms with van der Waals surface area (Å²) < 4.78 is 4.69. The molecule has 2 rings (SSSR count). The molecular weight excluding hydrogens is 330 g/mol. The van der Waals surface area contributed by atoms with Crippen LogP contribution in [0.25, 0.3) is 0 Å². The third-order valence-corrected chi connectivity index (χ3v) is 4.62. The third-order valence-electron chi connectivity index (χ3n) is 4.62. The van der Waals surface area contributed by atoms with Crippen LogP contribution in [0.1, 0.15) is 60.1 Å². The summed E-state index contributed by atoms with van der Waals surface area (Å²) >= 11 is 0. The Morgan fingerprint density at radius 2 is 1.65 bits per heavy atom. The monoisotopic (exact) mass is 355 g/mol. The number of ether oxygens (including phenoxy) is 1. The maximum atomic E-state index is 12.5. The van der Waals surface area contributed by atoms with Crippen LogP contribution < -0.4 is 0 Å². The van der Waals surface area contributed by atoms with Crippen LogP contribution in [0, 0.1) is 0 Å². The molecule has 5 nitrogen and oxygen atoms in total. The molecule has 0 aliphatic carbocycles. The molecule has 1 N–H and O–H groups in total. The smallest absolute Gasteiger partial charge is 0.337 e. The summed E-state index contributed by atoms with van der Waals surface area (Å²) in [4.78, 5) is 24.0. The van der Waals surface area contributed by atoms with Crippen LogP contribution in [0.5, 0.6) is 0 Å². The molecule has 0 saturated heterocycles.